The Balaban J connectivity index is 2.02. The van der Waals surface area contributed by atoms with E-state index in [1.165, 1.54) is 32.4 Å². The van der Waals surface area contributed by atoms with E-state index in [1.807, 2.05) is 6.92 Å². The second-order valence-corrected chi connectivity index (χ2v) is 6.26. The van der Waals surface area contributed by atoms with Crippen LogP contribution in [0.1, 0.15) is 40.5 Å². The van der Waals surface area contributed by atoms with Gasteiger partial charge in [0.15, 0.2) is 0 Å². The van der Waals surface area contributed by atoms with Crippen molar-refractivity contribution >= 4 is 23.5 Å². The molecule has 8 heteroatoms. The van der Waals surface area contributed by atoms with Crippen molar-refractivity contribution in [3.8, 4) is 0 Å². The van der Waals surface area contributed by atoms with Crippen molar-refractivity contribution in [3.05, 3.63) is 29.3 Å². The number of esters is 2. The molecule has 0 bridgehead atoms. The summed E-state index contributed by atoms with van der Waals surface area (Å²) < 4.78 is 15.0. The molecule has 0 aliphatic carbocycles. The molecule has 0 unspecified atom stereocenters. The lowest BCUT2D eigenvalue weighted by Crippen LogP contribution is -2.41. The number of carbonyl (C=O) groups is 3. The molecule has 1 saturated heterocycles. The molecule has 0 aromatic heterocycles. The molecule has 27 heavy (non-hydrogen) atoms. The Hall–Kier alpha value is -2.45. The number of amides is 1. The van der Waals surface area contributed by atoms with Gasteiger partial charge < -0.3 is 19.5 Å². The Morgan fingerprint density at radius 1 is 1.04 bits per heavy atom. The van der Waals surface area contributed by atoms with Crippen LogP contribution in [-0.2, 0) is 19.0 Å². The summed E-state index contributed by atoms with van der Waals surface area (Å²) in [6.07, 6.45) is 2.05. The molecule has 8 nitrogen and oxygen atoms in total. The first-order valence-electron chi connectivity index (χ1n) is 8.92. The molecule has 1 aromatic rings. The molecule has 0 spiro atoms. The van der Waals surface area contributed by atoms with Gasteiger partial charge in [0.05, 0.1) is 38.0 Å². The van der Waals surface area contributed by atoms with Gasteiger partial charge >= 0.3 is 11.9 Å². The van der Waals surface area contributed by atoms with E-state index in [1.54, 1.807) is 0 Å². The third-order valence-corrected chi connectivity index (χ3v) is 4.36. The van der Waals surface area contributed by atoms with E-state index in [-0.39, 0.29) is 29.7 Å². The first-order chi connectivity index (χ1) is 13.0. The predicted octanol–water partition coefficient (Wildman–Crippen LogP) is 1.70. The number of nitrogens with zero attached hydrogens (tertiary/aromatic N) is 1. The number of piperidine rings is 1. The molecule has 1 fully saturated rings. The fraction of sp³-hybridized carbons (Fsp3) is 0.526. The van der Waals surface area contributed by atoms with E-state index in [0.717, 1.165) is 25.9 Å². The van der Waals surface area contributed by atoms with Crippen molar-refractivity contribution in [1.82, 2.24) is 4.90 Å². The highest BCUT2D eigenvalue weighted by Crippen LogP contribution is 2.18. The van der Waals surface area contributed by atoms with Gasteiger partial charge in [0.25, 0.3) is 0 Å². The van der Waals surface area contributed by atoms with Crippen molar-refractivity contribution in [2.45, 2.75) is 25.9 Å². The normalized spacial score (nSPS) is 15.2. The Morgan fingerprint density at radius 2 is 1.59 bits per heavy atom. The van der Waals surface area contributed by atoms with Crippen LogP contribution in [0.4, 0.5) is 5.69 Å². The molecular formula is C19H26N2O6. The van der Waals surface area contributed by atoms with Gasteiger partial charge in [0, 0.05) is 25.4 Å². The smallest absolute Gasteiger partial charge is 0.337 e. The number of hydrogen-bond donors (Lipinski definition) is 1. The molecule has 0 saturated carbocycles. The topological polar surface area (TPSA) is 94.2 Å². The molecule has 148 valence electrons. The van der Waals surface area contributed by atoms with E-state index < -0.39 is 11.9 Å². The van der Waals surface area contributed by atoms with Gasteiger partial charge in [0.2, 0.25) is 5.91 Å². The number of ether oxygens (including phenoxy) is 3. The minimum absolute atomic E-state index is 0.160. The van der Waals surface area contributed by atoms with Crippen molar-refractivity contribution in [2.24, 2.45) is 0 Å². The summed E-state index contributed by atoms with van der Waals surface area (Å²) in [5, 5.41) is 2.74. The Morgan fingerprint density at radius 3 is 2.07 bits per heavy atom. The fourth-order valence-electron chi connectivity index (χ4n) is 3.04. The summed E-state index contributed by atoms with van der Waals surface area (Å²) in [6, 6.07) is 4.31. The molecule has 0 radical (unpaired) electrons. The summed E-state index contributed by atoms with van der Waals surface area (Å²) in [5.41, 5.74) is 0.661. The van der Waals surface area contributed by atoms with Crippen LogP contribution in [0.2, 0.25) is 0 Å². The maximum Gasteiger partial charge on any atom is 0.337 e. The van der Waals surface area contributed by atoms with Crippen LogP contribution < -0.4 is 5.32 Å². The Kier molecular flexibility index (Phi) is 7.75. The molecule has 0 atom stereocenters. The number of anilines is 1. The SMILES string of the molecule is CCOC1CCN(CC(=O)Nc2cc(C(=O)OC)cc(C(=O)OC)c2)CC1. The molecule has 1 aliphatic heterocycles. The minimum atomic E-state index is -0.603. The van der Waals surface area contributed by atoms with E-state index in [2.05, 4.69) is 10.2 Å². The molecule has 1 heterocycles. The van der Waals surface area contributed by atoms with E-state index >= 15 is 0 Å². The molecule has 2 rings (SSSR count). The molecule has 1 aliphatic rings. The third kappa shape index (κ3) is 6.04. The van der Waals surface area contributed by atoms with Crippen molar-refractivity contribution in [1.29, 1.82) is 0 Å². The molecular weight excluding hydrogens is 352 g/mol. The van der Waals surface area contributed by atoms with Gasteiger partial charge in [-0.3, -0.25) is 9.69 Å². The van der Waals surface area contributed by atoms with Crippen LogP contribution in [0, 0.1) is 0 Å². The summed E-state index contributed by atoms with van der Waals surface area (Å²) >= 11 is 0. The number of carbonyl (C=O) groups excluding carboxylic acids is 3. The average molecular weight is 378 g/mol. The average Bonchev–Trinajstić information content (AvgIpc) is 2.68. The van der Waals surface area contributed by atoms with E-state index in [0.29, 0.717) is 12.3 Å². The zero-order chi connectivity index (χ0) is 19.8. The van der Waals surface area contributed by atoms with Crippen LogP contribution >= 0.6 is 0 Å². The van der Waals surface area contributed by atoms with Gasteiger partial charge in [-0.05, 0) is 38.0 Å². The van der Waals surface area contributed by atoms with Gasteiger partial charge in [-0.25, -0.2) is 9.59 Å². The van der Waals surface area contributed by atoms with Gasteiger partial charge in [-0.15, -0.1) is 0 Å². The lowest BCUT2D eigenvalue weighted by molar-refractivity contribution is -0.118. The Labute approximate surface area is 158 Å². The van der Waals surface area contributed by atoms with E-state index in [4.69, 9.17) is 14.2 Å². The molecule has 1 amide bonds. The number of benzene rings is 1. The zero-order valence-electron chi connectivity index (χ0n) is 15.9. The van der Waals surface area contributed by atoms with Crippen LogP contribution in [-0.4, -0.2) is 69.3 Å². The maximum absolute atomic E-state index is 12.4. The quantitative estimate of drug-likeness (QED) is 0.722. The maximum atomic E-state index is 12.4. The van der Waals surface area contributed by atoms with Gasteiger partial charge in [-0.1, -0.05) is 0 Å². The number of hydrogen-bond acceptors (Lipinski definition) is 7. The highest BCUT2D eigenvalue weighted by molar-refractivity contribution is 5.99. The second kappa shape index (κ2) is 10.0. The van der Waals surface area contributed by atoms with Crippen molar-refractivity contribution < 1.29 is 28.6 Å². The summed E-state index contributed by atoms with van der Waals surface area (Å²) in [5.74, 6) is -1.42. The van der Waals surface area contributed by atoms with Gasteiger partial charge in [-0.2, -0.15) is 0 Å². The first-order valence-corrected chi connectivity index (χ1v) is 8.92. The summed E-state index contributed by atoms with van der Waals surface area (Å²) in [7, 11) is 2.49. The second-order valence-electron chi connectivity index (χ2n) is 6.26. The fourth-order valence-corrected chi connectivity index (χ4v) is 3.04. The summed E-state index contributed by atoms with van der Waals surface area (Å²) in [6.45, 7) is 4.48. The third-order valence-electron chi connectivity index (χ3n) is 4.36. The number of rotatable bonds is 7. The monoisotopic (exact) mass is 378 g/mol. The standard InChI is InChI=1S/C19H26N2O6/c1-4-27-16-5-7-21(8-6-16)12-17(22)20-15-10-13(18(23)25-2)9-14(11-15)19(24)26-3/h9-11,16H,4-8,12H2,1-3H3,(H,20,22). The van der Waals surface area contributed by atoms with Crippen LogP contribution in [0.15, 0.2) is 18.2 Å². The van der Waals surface area contributed by atoms with Crippen molar-refractivity contribution in [2.75, 3.05) is 45.8 Å². The van der Waals surface area contributed by atoms with Crippen LogP contribution in [0.5, 0.6) is 0 Å². The minimum Gasteiger partial charge on any atom is -0.465 e. The highest BCUT2D eigenvalue weighted by atomic mass is 16.5. The lowest BCUT2D eigenvalue weighted by atomic mass is 10.1. The number of nitrogens with one attached hydrogen (secondary N) is 1. The largest absolute Gasteiger partial charge is 0.465 e. The van der Waals surface area contributed by atoms with Crippen molar-refractivity contribution in [3.63, 3.8) is 0 Å². The summed E-state index contributed by atoms with van der Waals surface area (Å²) in [4.78, 5) is 38.0. The lowest BCUT2D eigenvalue weighted by Gasteiger charge is -2.31. The van der Waals surface area contributed by atoms with Crippen LogP contribution in [0.25, 0.3) is 0 Å². The van der Waals surface area contributed by atoms with Crippen LogP contribution in [0.3, 0.4) is 0 Å². The molecule has 1 aromatic carbocycles. The van der Waals surface area contributed by atoms with Gasteiger partial charge in [0.1, 0.15) is 0 Å². The number of likely N-dealkylation sites (tertiary alicyclic amines) is 1. The predicted molar refractivity (Wildman–Crippen MR) is 98.8 cm³/mol. The first kappa shape index (κ1) is 20.9. The van der Waals surface area contributed by atoms with E-state index in [9.17, 15) is 14.4 Å². The Bertz CT molecular complexity index is 649. The zero-order valence-corrected chi connectivity index (χ0v) is 15.9. The molecule has 1 N–H and O–H groups in total. The number of methoxy groups -OCH3 is 2. The highest BCUT2D eigenvalue weighted by Gasteiger charge is 2.21.